The zero-order valence-electron chi connectivity index (χ0n) is 8.24. The summed E-state index contributed by atoms with van der Waals surface area (Å²) >= 11 is 0. The standard InChI is InChI=1S/C10H18N2O/c1-2-3-9-8-12(7-5-11)6-4-10(9)13/h9-10,13H,2-4,6-8H2,1H3. The number of likely N-dealkylation sites (tertiary alicyclic amines) is 1. The molecule has 3 nitrogen and oxygen atoms in total. The van der Waals surface area contributed by atoms with Crippen molar-refractivity contribution in [1.82, 2.24) is 4.90 Å². The molecule has 0 spiro atoms. The average molecular weight is 182 g/mol. The second kappa shape index (κ2) is 5.21. The highest BCUT2D eigenvalue weighted by Gasteiger charge is 2.26. The fourth-order valence-electron chi connectivity index (χ4n) is 1.99. The fraction of sp³-hybridized carbons (Fsp3) is 0.900. The van der Waals surface area contributed by atoms with Crippen LogP contribution in [0.4, 0.5) is 0 Å². The van der Waals surface area contributed by atoms with Crippen molar-refractivity contribution in [1.29, 1.82) is 5.26 Å². The summed E-state index contributed by atoms with van der Waals surface area (Å²) in [6, 6.07) is 2.16. The van der Waals surface area contributed by atoms with E-state index in [1.54, 1.807) is 0 Å². The van der Waals surface area contributed by atoms with E-state index in [-0.39, 0.29) is 6.10 Å². The lowest BCUT2D eigenvalue weighted by atomic mass is 9.91. The SMILES string of the molecule is CCCC1CN(CC#N)CCC1O. The molecule has 13 heavy (non-hydrogen) atoms. The van der Waals surface area contributed by atoms with Crippen molar-refractivity contribution in [3.05, 3.63) is 0 Å². The van der Waals surface area contributed by atoms with Gasteiger partial charge < -0.3 is 5.11 Å². The average Bonchev–Trinajstić information content (AvgIpc) is 2.12. The fourth-order valence-corrected chi connectivity index (χ4v) is 1.99. The highest BCUT2D eigenvalue weighted by atomic mass is 16.3. The number of hydrogen-bond donors (Lipinski definition) is 1. The van der Waals surface area contributed by atoms with Crippen molar-refractivity contribution >= 4 is 0 Å². The molecule has 3 heteroatoms. The van der Waals surface area contributed by atoms with E-state index in [0.717, 1.165) is 32.4 Å². The third kappa shape index (κ3) is 2.98. The van der Waals surface area contributed by atoms with Gasteiger partial charge in [0.2, 0.25) is 0 Å². The van der Waals surface area contributed by atoms with E-state index in [1.807, 2.05) is 0 Å². The van der Waals surface area contributed by atoms with E-state index >= 15 is 0 Å². The molecule has 0 aliphatic carbocycles. The Kier molecular flexibility index (Phi) is 4.20. The van der Waals surface area contributed by atoms with Gasteiger partial charge in [-0.25, -0.2) is 0 Å². The summed E-state index contributed by atoms with van der Waals surface area (Å²) in [6.07, 6.45) is 2.87. The first-order chi connectivity index (χ1) is 6.27. The van der Waals surface area contributed by atoms with Crippen LogP contribution in [0.5, 0.6) is 0 Å². The summed E-state index contributed by atoms with van der Waals surface area (Å²) in [4.78, 5) is 2.13. The first-order valence-corrected chi connectivity index (χ1v) is 5.05. The van der Waals surface area contributed by atoms with Gasteiger partial charge in [-0.2, -0.15) is 5.26 Å². The molecule has 0 bridgehead atoms. The van der Waals surface area contributed by atoms with Gasteiger partial charge in [0.15, 0.2) is 0 Å². The second-order valence-corrected chi connectivity index (χ2v) is 3.80. The monoisotopic (exact) mass is 182 g/mol. The number of nitrogens with zero attached hydrogens (tertiary/aromatic N) is 2. The van der Waals surface area contributed by atoms with Crippen LogP contribution in [0, 0.1) is 17.2 Å². The van der Waals surface area contributed by atoms with Crippen LogP contribution in [0.25, 0.3) is 0 Å². The van der Waals surface area contributed by atoms with Gasteiger partial charge in [0, 0.05) is 13.1 Å². The first kappa shape index (κ1) is 10.5. The third-order valence-electron chi connectivity index (χ3n) is 2.73. The largest absolute Gasteiger partial charge is 0.393 e. The quantitative estimate of drug-likeness (QED) is 0.662. The van der Waals surface area contributed by atoms with Crippen LogP contribution in [-0.2, 0) is 0 Å². The maximum atomic E-state index is 9.68. The molecular weight excluding hydrogens is 164 g/mol. The third-order valence-corrected chi connectivity index (χ3v) is 2.73. The molecule has 1 N–H and O–H groups in total. The van der Waals surface area contributed by atoms with Crippen molar-refractivity contribution in [3.8, 4) is 6.07 Å². The molecule has 0 aromatic rings. The van der Waals surface area contributed by atoms with Gasteiger partial charge in [-0.3, -0.25) is 4.90 Å². The molecule has 1 fully saturated rings. The van der Waals surface area contributed by atoms with Gasteiger partial charge in [-0.05, 0) is 18.8 Å². The maximum absolute atomic E-state index is 9.68. The van der Waals surface area contributed by atoms with Gasteiger partial charge in [-0.15, -0.1) is 0 Å². The minimum absolute atomic E-state index is 0.144. The molecule has 0 aromatic heterocycles. The van der Waals surface area contributed by atoms with Gasteiger partial charge in [0.05, 0.1) is 18.7 Å². The summed E-state index contributed by atoms with van der Waals surface area (Å²) in [5.41, 5.74) is 0. The number of aliphatic hydroxyl groups excluding tert-OH is 1. The Balaban J connectivity index is 2.39. The molecule has 0 radical (unpaired) electrons. The second-order valence-electron chi connectivity index (χ2n) is 3.80. The van der Waals surface area contributed by atoms with Gasteiger partial charge in [-0.1, -0.05) is 13.3 Å². The van der Waals surface area contributed by atoms with Crippen molar-refractivity contribution in [2.45, 2.75) is 32.3 Å². The molecule has 1 rings (SSSR count). The lowest BCUT2D eigenvalue weighted by molar-refractivity contribution is 0.0275. The normalized spacial score (nSPS) is 29.9. The Morgan fingerprint density at radius 3 is 3.00 bits per heavy atom. The predicted octanol–water partition coefficient (Wildman–Crippen LogP) is 0.993. The summed E-state index contributed by atoms with van der Waals surface area (Å²) in [6.45, 7) is 4.40. The highest BCUT2D eigenvalue weighted by molar-refractivity contribution is 4.84. The van der Waals surface area contributed by atoms with Gasteiger partial charge in [0.25, 0.3) is 0 Å². The van der Waals surface area contributed by atoms with Crippen LogP contribution in [0.1, 0.15) is 26.2 Å². The summed E-state index contributed by atoms with van der Waals surface area (Å²) in [7, 11) is 0. The molecule has 1 heterocycles. The van der Waals surface area contributed by atoms with Crippen LogP contribution < -0.4 is 0 Å². The number of piperidine rings is 1. The number of nitriles is 1. The Hall–Kier alpha value is -0.590. The van der Waals surface area contributed by atoms with Gasteiger partial charge >= 0.3 is 0 Å². The van der Waals surface area contributed by atoms with Crippen LogP contribution in [-0.4, -0.2) is 35.7 Å². The maximum Gasteiger partial charge on any atom is 0.0866 e. The molecule has 0 amide bonds. The molecule has 74 valence electrons. The first-order valence-electron chi connectivity index (χ1n) is 5.05. The molecule has 2 atom stereocenters. The van der Waals surface area contributed by atoms with E-state index in [0.29, 0.717) is 12.5 Å². The van der Waals surface area contributed by atoms with E-state index in [2.05, 4.69) is 17.9 Å². The zero-order chi connectivity index (χ0) is 9.68. The molecule has 2 unspecified atom stereocenters. The number of hydrogen-bond acceptors (Lipinski definition) is 3. The van der Waals surface area contributed by atoms with E-state index in [9.17, 15) is 5.11 Å². The van der Waals surface area contributed by atoms with E-state index < -0.39 is 0 Å². The van der Waals surface area contributed by atoms with Crippen molar-refractivity contribution in [3.63, 3.8) is 0 Å². The summed E-state index contributed by atoms with van der Waals surface area (Å²) in [5, 5.41) is 18.2. The predicted molar refractivity (Wildman–Crippen MR) is 51.1 cm³/mol. The molecule has 1 aliphatic rings. The number of rotatable bonds is 3. The molecular formula is C10H18N2O. The molecule has 0 saturated carbocycles. The minimum Gasteiger partial charge on any atom is -0.393 e. The minimum atomic E-state index is -0.144. The van der Waals surface area contributed by atoms with Crippen LogP contribution in [0.3, 0.4) is 0 Å². The Morgan fingerprint density at radius 1 is 1.62 bits per heavy atom. The Morgan fingerprint density at radius 2 is 2.38 bits per heavy atom. The van der Waals surface area contributed by atoms with Crippen molar-refractivity contribution in [2.75, 3.05) is 19.6 Å². The smallest absolute Gasteiger partial charge is 0.0866 e. The highest BCUT2D eigenvalue weighted by Crippen LogP contribution is 2.20. The van der Waals surface area contributed by atoms with Crippen LogP contribution in [0.15, 0.2) is 0 Å². The summed E-state index contributed by atoms with van der Waals surface area (Å²) < 4.78 is 0. The molecule has 1 saturated heterocycles. The van der Waals surface area contributed by atoms with E-state index in [4.69, 9.17) is 5.26 Å². The zero-order valence-corrected chi connectivity index (χ0v) is 8.24. The van der Waals surface area contributed by atoms with Crippen LogP contribution in [0.2, 0.25) is 0 Å². The number of aliphatic hydroxyl groups is 1. The van der Waals surface area contributed by atoms with Crippen molar-refractivity contribution < 1.29 is 5.11 Å². The van der Waals surface area contributed by atoms with Crippen molar-refractivity contribution in [2.24, 2.45) is 5.92 Å². The van der Waals surface area contributed by atoms with Gasteiger partial charge in [0.1, 0.15) is 0 Å². The Bertz CT molecular complexity index is 188. The topological polar surface area (TPSA) is 47.3 Å². The Labute approximate surface area is 80.0 Å². The van der Waals surface area contributed by atoms with Crippen LogP contribution >= 0.6 is 0 Å². The van der Waals surface area contributed by atoms with E-state index in [1.165, 1.54) is 0 Å². The lowest BCUT2D eigenvalue weighted by Gasteiger charge is -2.34. The molecule has 1 aliphatic heterocycles. The molecule has 0 aromatic carbocycles. The summed E-state index contributed by atoms with van der Waals surface area (Å²) in [5.74, 6) is 0.382. The lowest BCUT2D eigenvalue weighted by Crippen LogP contribution is -2.43.